The number of nitrogens with zero attached hydrogens (tertiary/aromatic N) is 2. The highest BCUT2D eigenvalue weighted by atomic mass is 32.2. The van der Waals surface area contributed by atoms with E-state index in [0.717, 1.165) is 14.6 Å². The predicted molar refractivity (Wildman–Crippen MR) is 80.4 cm³/mol. The number of carboxylic acid groups (broad SMARTS) is 1. The molecule has 0 amide bonds. The normalized spacial score (nSPS) is 10.8. The smallest absolute Gasteiger partial charge is 0.354 e. The van der Waals surface area contributed by atoms with E-state index in [1.807, 2.05) is 24.3 Å². The van der Waals surface area contributed by atoms with Gasteiger partial charge in [0.2, 0.25) is 0 Å². The molecule has 0 atom stereocenters. The first-order valence-electron chi connectivity index (χ1n) is 5.89. The molecule has 0 bridgehead atoms. The van der Waals surface area contributed by atoms with Crippen molar-refractivity contribution < 1.29 is 9.90 Å². The Morgan fingerprint density at radius 3 is 2.90 bits per heavy atom. The largest absolute Gasteiger partial charge is 0.477 e. The van der Waals surface area contributed by atoms with Gasteiger partial charge in [-0.25, -0.2) is 14.8 Å². The Morgan fingerprint density at radius 1 is 1.25 bits per heavy atom. The lowest BCUT2D eigenvalue weighted by Gasteiger charge is -2.02. The average molecular weight is 302 g/mol. The Bertz CT molecular complexity index is 737. The lowest BCUT2D eigenvalue weighted by molar-refractivity contribution is 0.0689. The molecule has 6 heteroatoms. The average Bonchev–Trinajstić information content (AvgIpc) is 2.88. The van der Waals surface area contributed by atoms with Crippen LogP contribution < -0.4 is 0 Å². The van der Waals surface area contributed by atoms with Crippen LogP contribution in [0, 0.1) is 0 Å². The van der Waals surface area contributed by atoms with Crippen LogP contribution in [0.2, 0.25) is 0 Å². The lowest BCUT2D eigenvalue weighted by Crippen LogP contribution is -2.04. The van der Waals surface area contributed by atoms with Crippen LogP contribution in [-0.4, -0.2) is 21.0 Å². The van der Waals surface area contributed by atoms with Crippen molar-refractivity contribution in [3.8, 4) is 0 Å². The zero-order chi connectivity index (χ0) is 13.9. The second-order valence-corrected chi connectivity index (χ2v) is 6.31. The molecule has 0 aliphatic carbocycles. The maximum absolute atomic E-state index is 11.1. The molecule has 0 saturated carbocycles. The first kappa shape index (κ1) is 13.1. The summed E-state index contributed by atoms with van der Waals surface area (Å²) in [4.78, 5) is 19.5. The number of fused-ring (bicyclic) bond motifs is 1. The third-order valence-corrected chi connectivity index (χ3v) is 4.95. The lowest BCUT2D eigenvalue weighted by atomic mass is 10.2. The monoisotopic (exact) mass is 302 g/mol. The third kappa shape index (κ3) is 2.66. The molecule has 0 radical (unpaired) electrons. The molecule has 0 saturated heterocycles. The van der Waals surface area contributed by atoms with Gasteiger partial charge in [0, 0.05) is 11.9 Å². The van der Waals surface area contributed by atoms with Crippen LogP contribution >= 0.6 is 23.1 Å². The highest BCUT2D eigenvalue weighted by Gasteiger charge is 2.12. The summed E-state index contributed by atoms with van der Waals surface area (Å²) >= 11 is 3.15. The van der Waals surface area contributed by atoms with E-state index in [2.05, 4.69) is 9.97 Å². The molecule has 0 spiro atoms. The standard InChI is InChI=1S/C14H10N2O2S2/c17-13(18)12-9(4-3-7-15-12)8-19-14-16-10-5-1-2-6-11(10)20-14/h1-7H,8H2,(H,17,18). The number of pyridine rings is 1. The number of carbonyl (C=O) groups is 1. The van der Waals surface area contributed by atoms with E-state index in [1.54, 1.807) is 23.5 Å². The predicted octanol–water partition coefficient (Wildman–Crippen LogP) is 3.68. The number of thiazole rings is 1. The zero-order valence-corrected chi connectivity index (χ0v) is 11.9. The van der Waals surface area contributed by atoms with Gasteiger partial charge in [0.1, 0.15) is 0 Å². The molecule has 1 N–H and O–H groups in total. The first-order valence-corrected chi connectivity index (χ1v) is 7.70. The fraction of sp³-hybridized carbons (Fsp3) is 0.0714. The summed E-state index contributed by atoms with van der Waals surface area (Å²) in [6, 6.07) is 11.5. The van der Waals surface area contributed by atoms with Gasteiger partial charge in [-0.05, 0) is 23.8 Å². The number of hydrogen-bond donors (Lipinski definition) is 1. The number of benzene rings is 1. The van der Waals surface area contributed by atoms with Gasteiger partial charge in [0.15, 0.2) is 10.0 Å². The van der Waals surface area contributed by atoms with E-state index in [1.165, 1.54) is 18.0 Å². The van der Waals surface area contributed by atoms with Crippen LogP contribution in [-0.2, 0) is 5.75 Å². The van der Waals surface area contributed by atoms with Crippen LogP contribution in [0.1, 0.15) is 16.1 Å². The maximum Gasteiger partial charge on any atom is 0.354 e. The van der Waals surface area contributed by atoms with Gasteiger partial charge < -0.3 is 5.11 Å². The van der Waals surface area contributed by atoms with Crippen LogP contribution in [0.25, 0.3) is 10.2 Å². The first-order chi connectivity index (χ1) is 9.74. The number of carboxylic acids is 1. The van der Waals surface area contributed by atoms with Crippen LogP contribution in [0.5, 0.6) is 0 Å². The van der Waals surface area contributed by atoms with Crippen molar-refractivity contribution in [2.24, 2.45) is 0 Å². The summed E-state index contributed by atoms with van der Waals surface area (Å²) in [6.07, 6.45) is 1.50. The van der Waals surface area contributed by atoms with E-state index in [0.29, 0.717) is 11.3 Å². The number of para-hydroxylation sites is 1. The number of aromatic carboxylic acids is 1. The van der Waals surface area contributed by atoms with Gasteiger partial charge in [0.05, 0.1) is 10.2 Å². The summed E-state index contributed by atoms with van der Waals surface area (Å²) < 4.78 is 2.08. The minimum Gasteiger partial charge on any atom is -0.477 e. The van der Waals surface area contributed by atoms with Crippen LogP contribution in [0.15, 0.2) is 46.9 Å². The van der Waals surface area contributed by atoms with E-state index in [-0.39, 0.29) is 5.69 Å². The summed E-state index contributed by atoms with van der Waals surface area (Å²) in [5.41, 5.74) is 1.80. The van der Waals surface area contributed by atoms with E-state index in [9.17, 15) is 4.79 Å². The van der Waals surface area contributed by atoms with Gasteiger partial charge in [-0.2, -0.15) is 0 Å². The molecular weight excluding hydrogens is 292 g/mol. The number of rotatable bonds is 4. The summed E-state index contributed by atoms with van der Waals surface area (Å²) in [6.45, 7) is 0. The molecule has 3 rings (SSSR count). The molecule has 1 aromatic carbocycles. The van der Waals surface area contributed by atoms with Crippen molar-refractivity contribution >= 4 is 39.3 Å². The van der Waals surface area contributed by atoms with Gasteiger partial charge in [-0.3, -0.25) is 0 Å². The number of hydrogen-bond acceptors (Lipinski definition) is 5. The van der Waals surface area contributed by atoms with Crippen LogP contribution in [0.3, 0.4) is 0 Å². The Balaban J connectivity index is 1.81. The Morgan fingerprint density at radius 2 is 2.10 bits per heavy atom. The SMILES string of the molecule is O=C(O)c1ncccc1CSc1nc2ccccc2s1. The molecule has 2 aromatic heterocycles. The summed E-state index contributed by atoms with van der Waals surface area (Å²) in [5.74, 6) is -0.444. The highest BCUT2D eigenvalue weighted by Crippen LogP contribution is 2.31. The second-order valence-electron chi connectivity index (χ2n) is 4.05. The van der Waals surface area contributed by atoms with Gasteiger partial charge >= 0.3 is 5.97 Å². The fourth-order valence-electron chi connectivity index (χ4n) is 1.80. The Hall–Kier alpha value is -1.92. The zero-order valence-electron chi connectivity index (χ0n) is 10.3. The minimum absolute atomic E-state index is 0.112. The molecule has 3 aromatic rings. The molecule has 0 aliphatic heterocycles. The van der Waals surface area contributed by atoms with Gasteiger partial charge in [-0.15, -0.1) is 11.3 Å². The molecule has 100 valence electrons. The third-order valence-electron chi connectivity index (χ3n) is 2.72. The van der Waals surface area contributed by atoms with E-state index >= 15 is 0 Å². The maximum atomic E-state index is 11.1. The highest BCUT2D eigenvalue weighted by molar-refractivity contribution is 8.00. The number of aromatic nitrogens is 2. The van der Waals surface area contributed by atoms with Crippen molar-refractivity contribution in [1.82, 2.24) is 9.97 Å². The molecule has 4 nitrogen and oxygen atoms in total. The van der Waals surface area contributed by atoms with Crippen molar-refractivity contribution in [2.75, 3.05) is 0 Å². The molecule has 0 fully saturated rings. The van der Waals surface area contributed by atoms with Crippen molar-refractivity contribution in [1.29, 1.82) is 0 Å². The van der Waals surface area contributed by atoms with Crippen molar-refractivity contribution in [2.45, 2.75) is 10.1 Å². The molecule has 20 heavy (non-hydrogen) atoms. The summed E-state index contributed by atoms with van der Waals surface area (Å²) in [5, 5.41) is 9.09. The van der Waals surface area contributed by atoms with Crippen molar-refractivity contribution in [3.63, 3.8) is 0 Å². The molecule has 0 aliphatic rings. The summed E-state index contributed by atoms with van der Waals surface area (Å²) in [7, 11) is 0. The Labute approximate surface area is 123 Å². The van der Waals surface area contributed by atoms with E-state index < -0.39 is 5.97 Å². The van der Waals surface area contributed by atoms with Crippen molar-refractivity contribution in [3.05, 3.63) is 53.9 Å². The van der Waals surface area contributed by atoms with E-state index in [4.69, 9.17) is 5.11 Å². The molecule has 0 unspecified atom stereocenters. The fourth-order valence-corrected chi connectivity index (χ4v) is 3.85. The molecule has 2 heterocycles. The second kappa shape index (κ2) is 5.60. The quantitative estimate of drug-likeness (QED) is 0.745. The number of thioether (sulfide) groups is 1. The van der Waals surface area contributed by atoms with Gasteiger partial charge in [0.25, 0.3) is 0 Å². The van der Waals surface area contributed by atoms with Crippen LogP contribution in [0.4, 0.5) is 0 Å². The van der Waals surface area contributed by atoms with Gasteiger partial charge in [-0.1, -0.05) is 30.0 Å². The minimum atomic E-state index is -0.995. The molecular formula is C14H10N2O2S2. The topological polar surface area (TPSA) is 63.1 Å². The Kier molecular flexibility index (Phi) is 3.66.